The zero-order valence-electron chi connectivity index (χ0n) is 20.2. The first-order chi connectivity index (χ1) is 17.4. The van der Waals surface area contributed by atoms with Gasteiger partial charge in [-0.1, -0.05) is 23.8 Å². The Bertz CT molecular complexity index is 1130. The number of nitrogens with one attached hydrogen (secondary N) is 2. The second kappa shape index (κ2) is 10.8. The summed E-state index contributed by atoms with van der Waals surface area (Å²) in [6, 6.07) is 7.22. The Hall–Kier alpha value is -2.62. The van der Waals surface area contributed by atoms with Crippen molar-refractivity contribution < 1.29 is 14.4 Å². The molecule has 0 bridgehead atoms. The first-order valence-corrected chi connectivity index (χ1v) is 13.7. The van der Waals surface area contributed by atoms with Crippen LogP contribution in [0.4, 0.5) is 11.4 Å². The average molecular weight is 528 g/mol. The lowest BCUT2D eigenvalue weighted by Gasteiger charge is -2.23. The molecule has 4 aliphatic rings. The van der Waals surface area contributed by atoms with Gasteiger partial charge in [-0.05, 0) is 68.8 Å². The average Bonchev–Trinajstić information content (AvgIpc) is 3.62. The van der Waals surface area contributed by atoms with E-state index in [0.717, 1.165) is 42.9 Å². The quantitative estimate of drug-likeness (QED) is 0.568. The van der Waals surface area contributed by atoms with Gasteiger partial charge in [0.1, 0.15) is 15.8 Å². The molecular formula is C26H30ClN5O3S. The summed E-state index contributed by atoms with van der Waals surface area (Å²) in [4.78, 5) is 46.2. The molecule has 0 aliphatic carbocycles. The van der Waals surface area contributed by atoms with Crippen LogP contribution in [0.25, 0.3) is 0 Å². The number of carbonyl (C=O) groups excluding carboxylic acids is 3. The van der Waals surface area contributed by atoms with Gasteiger partial charge in [0.2, 0.25) is 17.7 Å². The third kappa shape index (κ3) is 5.53. The largest absolute Gasteiger partial charge is 0.355 e. The van der Waals surface area contributed by atoms with E-state index in [9.17, 15) is 14.4 Å². The third-order valence-corrected chi connectivity index (χ3v) is 8.60. The number of aliphatic imine (C=N–C) groups is 1. The molecule has 1 aromatic rings. The highest BCUT2D eigenvalue weighted by Crippen LogP contribution is 2.37. The topological polar surface area (TPSA) is 94.1 Å². The normalized spacial score (nSPS) is 26.4. The summed E-state index contributed by atoms with van der Waals surface area (Å²) in [6.45, 7) is 4.84. The number of nitrogens with zero attached hydrogens (tertiary/aromatic N) is 3. The van der Waals surface area contributed by atoms with Crippen LogP contribution in [0.3, 0.4) is 0 Å². The van der Waals surface area contributed by atoms with Gasteiger partial charge in [0.25, 0.3) is 0 Å². The molecule has 2 N–H and O–H groups in total. The zero-order chi connectivity index (χ0) is 25.2. The molecule has 0 spiro atoms. The summed E-state index contributed by atoms with van der Waals surface area (Å²) in [7, 11) is 0. The van der Waals surface area contributed by atoms with Crippen molar-refractivity contribution in [2.45, 2.75) is 42.9 Å². The first kappa shape index (κ1) is 25.0. The number of rotatable bonds is 7. The van der Waals surface area contributed by atoms with Crippen LogP contribution in [-0.4, -0.2) is 70.6 Å². The molecule has 0 aromatic heterocycles. The number of fused-ring (bicyclic) bond motifs is 1. The number of anilines is 2. The second-order valence-electron chi connectivity index (χ2n) is 9.64. The maximum absolute atomic E-state index is 12.7. The fourth-order valence-corrected chi connectivity index (χ4v) is 6.42. The molecule has 4 unspecified atom stereocenters. The van der Waals surface area contributed by atoms with E-state index >= 15 is 0 Å². The van der Waals surface area contributed by atoms with Gasteiger partial charge >= 0.3 is 0 Å². The Morgan fingerprint density at radius 2 is 1.94 bits per heavy atom. The van der Waals surface area contributed by atoms with E-state index < -0.39 is 0 Å². The van der Waals surface area contributed by atoms with Crippen molar-refractivity contribution in [3.63, 3.8) is 0 Å². The fraction of sp³-hybridized carbons (Fsp3) is 0.462. The first-order valence-electron chi connectivity index (χ1n) is 12.4. The molecule has 10 heteroatoms. The fourth-order valence-electron chi connectivity index (χ4n) is 4.99. The lowest BCUT2D eigenvalue weighted by molar-refractivity contribution is -0.121. The van der Waals surface area contributed by atoms with Crippen LogP contribution in [0.15, 0.2) is 53.1 Å². The van der Waals surface area contributed by atoms with Crippen LogP contribution >= 0.6 is 23.4 Å². The Labute approximate surface area is 220 Å². The molecule has 4 atom stereocenters. The SMILES string of the molecule is CC(C(=O)Nc1ccc(N2CC(CNC(=O)C3C=C4C=CC(Cl)=NC4S3)CC2=O)cc1)N1CCCC1. The van der Waals surface area contributed by atoms with Crippen molar-refractivity contribution in [1.82, 2.24) is 10.2 Å². The minimum absolute atomic E-state index is 0.0149. The number of halogens is 1. The van der Waals surface area contributed by atoms with Gasteiger partial charge in [-0.15, -0.1) is 11.8 Å². The van der Waals surface area contributed by atoms with Crippen LogP contribution in [-0.2, 0) is 14.4 Å². The molecule has 5 rings (SSSR count). The van der Waals surface area contributed by atoms with Gasteiger partial charge in [-0.2, -0.15) is 0 Å². The van der Waals surface area contributed by atoms with E-state index in [-0.39, 0.29) is 40.3 Å². The molecule has 36 heavy (non-hydrogen) atoms. The van der Waals surface area contributed by atoms with Crippen molar-refractivity contribution in [2.75, 3.05) is 36.4 Å². The highest BCUT2D eigenvalue weighted by molar-refractivity contribution is 8.01. The van der Waals surface area contributed by atoms with Crippen LogP contribution in [0.2, 0.25) is 0 Å². The van der Waals surface area contributed by atoms with Crippen LogP contribution < -0.4 is 15.5 Å². The van der Waals surface area contributed by atoms with Gasteiger partial charge in [0.15, 0.2) is 0 Å². The molecule has 2 fully saturated rings. The van der Waals surface area contributed by atoms with E-state index in [4.69, 9.17) is 11.6 Å². The van der Waals surface area contributed by atoms with Gasteiger partial charge in [0.05, 0.1) is 6.04 Å². The Morgan fingerprint density at radius 3 is 2.69 bits per heavy atom. The van der Waals surface area contributed by atoms with Crippen LogP contribution in [0.5, 0.6) is 0 Å². The van der Waals surface area contributed by atoms with E-state index in [1.807, 2.05) is 43.3 Å². The third-order valence-electron chi connectivity index (χ3n) is 7.10. The summed E-state index contributed by atoms with van der Waals surface area (Å²) in [6.07, 6.45) is 8.22. The van der Waals surface area contributed by atoms with Gasteiger partial charge in [-0.25, -0.2) is 0 Å². The monoisotopic (exact) mass is 527 g/mol. The molecule has 190 valence electrons. The standard InChI is InChI=1S/C26H30ClN5O3S/c1-16(31-10-2-3-11-31)24(34)29-19-5-7-20(8-6-19)32-15-17(12-23(32)33)14-28-25(35)21-13-18-4-9-22(27)30-26(18)36-21/h4-9,13,16-17,21,26H,2-3,10-12,14-15H2,1H3,(H,28,35)(H,29,34). The van der Waals surface area contributed by atoms with E-state index in [2.05, 4.69) is 20.5 Å². The van der Waals surface area contributed by atoms with Crippen LogP contribution in [0, 0.1) is 5.92 Å². The molecule has 0 saturated carbocycles. The molecule has 2 saturated heterocycles. The second-order valence-corrected chi connectivity index (χ2v) is 11.2. The molecule has 4 heterocycles. The van der Waals surface area contributed by atoms with Gasteiger partial charge in [-0.3, -0.25) is 24.3 Å². The Kier molecular flexibility index (Phi) is 7.50. The minimum atomic E-state index is -0.315. The van der Waals surface area contributed by atoms with Crippen molar-refractivity contribution in [3.8, 4) is 0 Å². The summed E-state index contributed by atoms with van der Waals surface area (Å²) in [5.74, 6) is -0.0169. The number of hydrogen-bond donors (Lipinski definition) is 2. The van der Waals surface area contributed by atoms with Gasteiger partial charge < -0.3 is 15.5 Å². The molecule has 3 amide bonds. The summed E-state index contributed by atoms with van der Waals surface area (Å²) >= 11 is 7.43. The molecule has 0 radical (unpaired) electrons. The molecule has 8 nitrogen and oxygen atoms in total. The number of allylic oxidation sites excluding steroid dienone is 1. The Balaban J connectivity index is 1.11. The smallest absolute Gasteiger partial charge is 0.241 e. The maximum atomic E-state index is 12.7. The number of carbonyl (C=O) groups is 3. The van der Waals surface area contributed by atoms with Crippen LogP contribution in [0.1, 0.15) is 26.2 Å². The summed E-state index contributed by atoms with van der Waals surface area (Å²) < 4.78 is 0. The molecular weight excluding hydrogens is 498 g/mol. The number of likely N-dealkylation sites (tertiary alicyclic amines) is 1. The van der Waals surface area contributed by atoms with Crippen molar-refractivity contribution in [2.24, 2.45) is 10.9 Å². The number of thioether (sulfide) groups is 1. The predicted molar refractivity (Wildman–Crippen MR) is 144 cm³/mol. The zero-order valence-corrected chi connectivity index (χ0v) is 21.7. The number of dihydropyridines is 1. The van der Waals surface area contributed by atoms with Gasteiger partial charge in [0, 0.05) is 36.8 Å². The lowest BCUT2D eigenvalue weighted by atomic mass is 10.1. The molecule has 1 aromatic carbocycles. The number of benzene rings is 1. The summed E-state index contributed by atoms with van der Waals surface area (Å²) in [5.41, 5.74) is 2.51. The number of hydrogen-bond acceptors (Lipinski definition) is 6. The van der Waals surface area contributed by atoms with Crippen molar-refractivity contribution in [3.05, 3.63) is 48.1 Å². The van der Waals surface area contributed by atoms with E-state index in [0.29, 0.717) is 24.7 Å². The van der Waals surface area contributed by atoms with Crippen molar-refractivity contribution >= 4 is 57.6 Å². The predicted octanol–water partition coefficient (Wildman–Crippen LogP) is 3.15. The number of amides is 3. The van der Waals surface area contributed by atoms with E-state index in [1.165, 1.54) is 11.8 Å². The highest BCUT2D eigenvalue weighted by Gasteiger charge is 2.34. The molecule has 4 aliphatic heterocycles. The van der Waals surface area contributed by atoms with Crippen molar-refractivity contribution in [1.29, 1.82) is 0 Å². The Morgan fingerprint density at radius 1 is 1.19 bits per heavy atom. The lowest BCUT2D eigenvalue weighted by Crippen LogP contribution is -2.40. The highest BCUT2D eigenvalue weighted by atomic mass is 35.5. The maximum Gasteiger partial charge on any atom is 0.241 e. The minimum Gasteiger partial charge on any atom is -0.355 e. The van der Waals surface area contributed by atoms with E-state index in [1.54, 1.807) is 11.0 Å². The summed E-state index contributed by atoms with van der Waals surface area (Å²) in [5, 5.41) is 5.99.